The van der Waals surface area contributed by atoms with Crippen molar-refractivity contribution in [2.45, 2.75) is 4.59 Å². The van der Waals surface area contributed by atoms with Gasteiger partial charge >= 0.3 is 0 Å². The van der Waals surface area contributed by atoms with Crippen LogP contribution in [0.5, 0.6) is 0 Å². The van der Waals surface area contributed by atoms with Crippen LogP contribution in [0, 0.1) is 0 Å². The maximum Gasteiger partial charge on any atom is 0.266 e. The molecule has 4 heteroatoms. The summed E-state index contributed by atoms with van der Waals surface area (Å²) in [5, 5.41) is -0.0525. The van der Waals surface area contributed by atoms with Crippen LogP contribution < -0.4 is 0 Å². The Bertz CT molecular complexity index is 41.3. The van der Waals surface area contributed by atoms with Crippen molar-refractivity contribution in [3.63, 3.8) is 0 Å². The van der Waals surface area contributed by atoms with Gasteiger partial charge < -0.3 is 0 Å². The van der Waals surface area contributed by atoms with E-state index in [0.29, 0.717) is 0 Å². The Kier molecular flexibility index (Phi) is 2.72. The first-order valence-corrected chi connectivity index (χ1v) is 3.07. The summed E-state index contributed by atoms with van der Waals surface area (Å²) in [6.45, 7) is 0. The highest BCUT2D eigenvalue weighted by atomic mass is 79.9. The molecule has 38 valence electrons. The Morgan fingerprint density at radius 3 is 1.83 bits per heavy atom. The first-order valence-electron chi connectivity index (χ1n) is 1.19. The minimum absolute atomic E-state index is 0.0525. The molecular formula is C2H2BrCl2F. The zero-order chi connectivity index (χ0) is 5.21. The average molecular weight is 196 g/mol. The van der Waals surface area contributed by atoms with Gasteiger partial charge in [0.25, 0.3) is 4.59 Å². The van der Waals surface area contributed by atoms with Crippen LogP contribution in [0.2, 0.25) is 0 Å². The van der Waals surface area contributed by atoms with Crippen LogP contribution in [0.3, 0.4) is 0 Å². The maximum absolute atomic E-state index is 11.6. The Hall–Kier alpha value is 0.990. The van der Waals surface area contributed by atoms with Crippen molar-refractivity contribution in [3.05, 3.63) is 0 Å². The molecule has 0 atom stereocenters. The highest BCUT2D eigenvalue weighted by Gasteiger charge is 2.18. The molecule has 6 heavy (non-hydrogen) atoms. The van der Waals surface area contributed by atoms with Crippen molar-refractivity contribution in [3.8, 4) is 0 Å². The third-order valence-electron chi connectivity index (χ3n) is 0.152. The van der Waals surface area contributed by atoms with Gasteiger partial charge in [0.2, 0.25) is 0 Å². The number of halogens is 4. The molecule has 0 fully saturated rings. The van der Waals surface area contributed by atoms with Crippen molar-refractivity contribution in [1.82, 2.24) is 0 Å². The van der Waals surface area contributed by atoms with Gasteiger partial charge in [0, 0.05) is 0 Å². The zero-order valence-electron chi connectivity index (χ0n) is 2.72. The highest BCUT2D eigenvalue weighted by molar-refractivity contribution is 9.09. The fourth-order valence-corrected chi connectivity index (χ4v) is 0. The van der Waals surface area contributed by atoms with Gasteiger partial charge in [-0.1, -0.05) is 39.1 Å². The van der Waals surface area contributed by atoms with Gasteiger partial charge in [0.05, 0.1) is 5.33 Å². The molecule has 0 aromatic rings. The molecule has 0 saturated carbocycles. The van der Waals surface area contributed by atoms with Crippen molar-refractivity contribution < 1.29 is 4.39 Å². The molecular weight excluding hydrogens is 194 g/mol. The number of rotatable bonds is 1. The molecule has 0 aliphatic rings. The van der Waals surface area contributed by atoms with Gasteiger partial charge in [-0.25, -0.2) is 4.39 Å². The third-order valence-corrected chi connectivity index (χ3v) is 1.84. The standard InChI is InChI=1S/C2H2BrCl2F/c3-1-2(4,5)6/h1H2. The van der Waals surface area contributed by atoms with Crippen molar-refractivity contribution in [2.75, 3.05) is 5.33 Å². The lowest BCUT2D eigenvalue weighted by Gasteiger charge is -1.99. The molecule has 0 unspecified atom stereocenters. The van der Waals surface area contributed by atoms with E-state index in [1.165, 1.54) is 0 Å². The lowest BCUT2D eigenvalue weighted by molar-refractivity contribution is 0.432. The van der Waals surface area contributed by atoms with Gasteiger partial charge in [-0.2, -0.15) is 0 Å². The smallest absolute Gasteiger partial charge is 0.207 e. The van der Waals surface area contributed by atoms with Gasteiger partial charge in [-0.15, -0.1) is 0 Å². The SMILES string of the molecule is FC(Cl)(Cl)CBr. The van der Waals surface area contributed by atoms with Gasteiger partial charge in [-0.05, 0) is 0 Å². The maximum atomic E-state index is 11.6. The van der Waals surface area contributed by atoms with Crippen LogP contribution in [-0.4, -0.2) is 9.92 Å². The fourth-order valence-electron chi connectivity index (χ4n) is 0. The minimum Gasteiger partial charge on any atom is -0.207 e. The summed E-state index contributed by atoms with van der Waals surface area (Å²) in [6, 6.07) is 0. The lowest BCUT2D eigenvalue weighted by Crippen LogP contribution is -2.03. The molecule has 0 radical (unpaired) electrons. The van der Waals surface area contributed by atoms with E-state index in [4.69, 9.17) is 23.2 Å². The molecule has 0 rings (SSSR count). The normalized spacial score (nSPS) is 12.0. The summed E-state index contributed by atoms with van der Waals surface area (Å²) < 4.78 is 9.50. The highest BCUT2D eigenvalue weighted by Crippen LogP contribution is 2.23. The predicted molar refractivity (Wildman–Crippen MR) is 29.3 cm³/mol. The predicted octanol–water partition coefficient (Wildman–Crippen LogP) is 2.48. The largest absolute Gasteiger partial charge is 0.266 e. The van der Waals surface area contributed by atoms with E-state index in [1.54, 1.807) is 0 Å². The summed E-state index contributed by atoms with van der Waals surface area (Å²) in [4.78, 5) is 0. The van der Waals surface area contributed by atoms with Crippen LogP contribution in [-0.2, 0) is 0 Å². The zero-order valence-corrected chi connectivity index (χ0v) is 5.82. The van der Waals surface area contributed by atoms with E-state index in [0.717, 1.165) is 0 Å². The molecule has 0 aromatic carbocycles. The first-order chi connectivity index (χ1) is 2.56. The molecule has 0 heterocycles. The Morgan fingerprint density at radius 1 is 1.67 bits per heavy atom. The van der Waals surface area contributed by atoms with E-state index in [-0.39, 0.29) is 5.33 Å². The van der Waals surface area contributed by atoms with Crippen molar-refractivity contribution >= 4 is 39.1 Å². The van der Waals surface area contributed by atoms with E-state index in [9.17, 15) is 4.39 Å². The molecule has 0 bridgehead atoms. The molecule has 0 amide bonds. The van der Waals surface area contributed by atoms with Gasteiger partial charge in [0.15, 0.2) is 0 Å². The monoisotopic (exact) mass is 194 g/mol. The fraction of sp³-hybridized carbons (Fsp3) is 1.00. The Labute approximate surface area is 53.7 Å². The minimum atomic E-state index is -2.10. The van der Waals surface area contributed by atoms with E-state index >= 15 is 0 Å². The molecule has 0 aromatic heterocycles. The molecule has 0 saturated heterocycles. The van der Waals surface area contributed by atoms with Crippen LogP contribution in [0.15, 0.2) is 0 Å². The van der Waals surface area contributed by atoms with Gasteiger partial charge in [0.1, 0.15) is 0 Å². The molecule has 0 spiro atoms. The molecule has 0 aliphatic heterocycles. The summed E-state index contributed by atoms with van der Waals surface area (Å²) in [5.74, 6) is 0. The topological polar surface area (TPSA) is 0 Å². The number of hydrogen-bond donors (Lipinski definition) is 0. The third kappa shape index (κ3) is 4.99. The average Bonchev–Trinajstić information content (AvgIpc) is 1.35. The molecule has 0 N–H and O–H groups in total. The second-order valence-electron chi connectivity index (χ2n) is 0.749. The summed E-state index contributed by atoms with van der Waals surface area (Å²) in [5.41, 5.74) is 0. The lowest BCUT2D eigenvalue weighted by atomic mass is 10.9. The first kappa shape index (κ1) is 6.99. The number of hydrogen-bond acceptors (Lipinski definition) is 0. The van der Waals surface area contributed by atoms with Crippen LogP contribution >= 0.6 is 39.1 Å². The number of alkyl halides is 4. The summed E-state index contributed by atoms with van der Waals surface area (Å²) >= 11 is 12.3. The van der Waals surface area contributed by atoms with Crippen LogP contribution in [0.4, 0.5) is 4.39 Å². The second-order valence-corrected chi connectivity index (χ2v) is 2.70. The van der Waals surface area contributed by atoms with Gasteiger partial charge in [-0.3, -0.25) is 0 Å². The van der Waals surface area contributed by atoms with Crippen molar-refractivity contribution in [2.24, 2.45) is 0 Å². The molecule has 0 nitrogen and oxygen atoms in total. The quantitative estimate of drug-likeness (QED) is 0.565. The van der Waals surface area contributed by atoms with E-state index < -0.39 is 4.59 Å². The van der Waals surface area contributed by atoms with Crippen LogP contribution in [0.25, 0.3) is 0 Å². The van der Waals surface area contributed by atoms with Crippen molar-refractivity contribution in [1.29, 1.82) is 0 Å². The summed E-state index contributed by atoms with van der Waals surface area (Å²) in [6.07, 6.45) is 0. The van der Waals surface area contributed by atoms with Crippen LogP contribution in [0.1, 0.15) is 0 Å². The van der Waals surface area contributed by atoms with E-state index in [2.05, 4.69) is 15.9 Å². The Morgan fingerprint density at radius 2 is 1.83 bits per heavy atom. The second kappa shape index (κ2) is 2.34. The summed E-state index contributed by atoms with van der Waals surface area (Å²) in [7, 11) is 0. The molecule has 0 aliphatic carbocycles. The van der Waals surface area contributed by atoms with E-state index in [1.807, 2.05) is 0 Å². The Balaban J connectivity index is 3.17.